The molecule has 0 spiro atoms. The summed E-state index contributed by atoms with van der Waals surface area (Å²) in [7, 11) is 18.0. The third-order valence-corrected chi connectivity index (χ3v) is 64.2. The van der Waals surface area contributed by atoms with E-state index in [1.165, 1.54) is 77.9 Å². The number of hydrogen-bond donors (Lipinski definition) is 0. The van der Waals surface area contributed by atoms with Gasteiger partial charge in [-0.1, -0.05) is 0 Å². The Morgan fingerprint density at radius 3 is 1.17 bits per heavy atom. The van der Waals surface area contributed by atoms with E-state index in [2.05, 4.69) is 167 Å². The molecule has 4 aromatic carbocycles. The number of hydrogen-bond acceptors (Lipinski definition) is 0. The van der Waals surface area contributed by atoms with Gasteiger partial charge in [-0.25, -0.2) is 0 Å². The molecule has 0 saturated heterocycles. The molecule has 0 aromatic heterocycles. The number of fused-ring (bicyclic) bond motifs is 2. The maximum absolute atomic E-state index is 9.02. The molecular formula is C48H61Cl2SiZr. The third kappa shape index (κ3) is 6.29. The molecule has 0 amide bonds. The number of aryl methyl sites for hydroxylation is 4. The van der Waals surface area contributed by atoms with E-state index in [-0.39, 0.29) is 18.1 Å². The molecule has 0 heterocycles. The minimum absolute atomic E-state index is 0.0313. The first-order valence-electron chi connectivity index (χ1n) is 19.9. The number of benzene rings is 4. The monoisotopic (exact) mass is 825 g/mol. The van der Waals surface area contributed by atoms with Crippen LogP contribution in [-0.4, -0.2) is 5.92 Å². The summed E-state index contributed by atoms with van der Waals surface area (Å²) in [5, 5.41) is 0. The second kappa shape index (κ2) is 14.3. The molecule has 0 aliphatic heterocycles. The van der Waals surface area contributed by atoms with Crippen molar-refractivity contribution in [3.8, 4) is 22.3 Å². The fourth-order valence-corrected chi connectivity index (χ4v) is 41.1. The summed E-state index contributed by atoms with van der Waals surface area (Å²) >= 11 is -5.08. The Hall–Kier alpha value is -1.96. The van der Waals surface area contributed by atoms with Crippen molar-refractivity contribution in [1.82, 2.24) is 0 Å². The number of rotatable bonds is 9. The Morgan fingerprint density at radius 1 is 0.519 bits per heavy atom. The Labute approximate surface area is 324 Å². The van der Waals surface area contributed by atoms with Crippen molar-refractivity contribution in [1.29, 1.82) is 0 Å². The van der Waals surface area contributed by atoms with E-state index in [9.17, 15) is 0 Å². The molecule has 0 radical (unpaired) electrons. The Kier molecular flexibility index (Phi) is 10.9. The molecule has 6 rings (SSSR count). The van der Waals surface area contributed by atoms with Gasteiger partial charge in [0.2, 0.25) is 0 Å². The molecule has 2 aliphatic carbocycles. The van der Waals surface area contributed by atoms with Gasteiger partial charge < -0.3 is 0 Å². The summed E-state index contributed by atoms with van der Waals surface area (Å²) in [6.45, 7) is 28.5. The van der Waals surface area contributed by atoms with Gasteiger partial charge in [0.25, 0.3) is 0 Å². The van der Waals surface area contributed by atoms with E-state index >= 15 is 0 Å². The molecule has 0 nitrogen and oxygen atoms in total. The maximum atomic E-state index is 9.02. The quantitative estimate of drug-likeness (QED) is 0.147. The van der Waals surface area contributed by atoms with Gasteiger partial charge >= 0.3 is 327 Å². The van der Waals surface area contributed by atoms with E-state index in [0.717, 1.165) is 25.7 Å². The van der Waals surface area contributed by atoms with Crippen LogP contribution in [-0.2, 0) is 41.2 Å². The molecule has 4 aromatic rings. The SMILES string of the molecule is CCc1ccccc1-c1c(CC)ccc2c1C=C(C(C)(C)C)[CH]2[Zr]([Cl])([Cl])([CH]1C(C(C)(C)C)=Cc2c1ccc(CC)c2-c1ccccc1CC)[SiH](C)C. The molecule has 4 heteroatoms. The minimum atomic E-state index is -5.08. The van der Waals surface area contributed by atoms with Crippen molar-refractivity contribution in [2.75, 3.05) is 0 Å². The summed E-state index contributed by atoms with van der Waals surface area (Å²) in [5.74, 6) is -1.75. The van der Waals surface area contributed by atoms with Gasteiger partial charge in [0.15, 0.2) is 0 Å². The van der Waals surface area contributed by atoms with Crippen LogP contribution in [0.2, 0.25) is 13.1 Å². The van der Waals surface area contributed by atoms with E-state index in [1.54, 1.807) is 0 Å². The van der Waals surface area contributed by atoms with E-state index in [4.69, 9.17) is 17.0 Å². The third-order valence-electron chi connectivity index (χ3n) is 12.6. The zero-order chi connectivity index (χ0) is 38.0. The summed E-state index contributed by atoms with van der Waals surface area (Å²) in [6.07, 6.45) is 9.09. The first kappa shape index (κ1) is 39.7. The summed E-state index contributed by atoms with van der Waals surface area (Å²) in [6, 6.07) is 27.8. The molecule has 0 fully saturated rings. The second-order valence-corrected chi connectivity index (χ2v) is 60.4. The summed E-state index contributed by atoms with van der Waals surface area (Å²) in [5.41, 5.74) is 19.2. The first-order valence-corrected chi connectivity index (χ1v) is 36.2. The Morgan fingerprint density at radius 2 is 0.865 bits per heavy atom. The van der Waals surface area contributed by atoms with Gasteiger partial charge in [-0.3, -0.25) is 0 Å². The van der Waals surface area contributed by atoms with Crippen molar-refractivity contribution in [2.45, 2.75) is 115 Å². The van der Waals surface area contributed by atoms with Crippen molar-refractivity contribution < 1.29 is 15.6 Å². The van der Waals surface area contributed by atoms with Crippen molar-refractivity contribution in [3.05, 3.63) is 128 Å². The van der Waals surface area contributed by atoms with Crippen LogP contribution in [0.15, 0.2) is 83.9 Å². The van der Waals surface area contributed by atoms with Gasteiger partial charge in [-0.15, -0.1) is 0 Å². The van der Waals surface area contributed by atoms with Gasteiger partial charge in [0.1, 0.15) is 0 Å². The summed E-state index contributed by atoms with van der Waals surface area (Å²) < 4.78 is 0.0626. The fraction of sp³-hybridized carbons (Fsp3) is 0.417. The van der Waals surface area contributed by atoms with Gasteiger partial charge in [-0.05, 0) is 0 Å². The predicted molar refractivity (Wildman–Crippen MR) is 232 cm³/mol. The zero-order valence-corrected chi connectivity index (χ0v) is 39.0. The van der Waals surface area contributed by atoms with Crippen LogP contribution in [0.25, 0.3) is 34.4 Å². The van der Waals surface area contributed by atoms with Crippen LogP contribution in [0.1, 0.15) is 121 Å². The Bertz CT molecular complexity index is 1940. The number of halogens is 2. The van der Waals surface area contributed by atoms with E-state index < -0.39 is 21.5 Å². The average molecular weight is 828 g/mol. The molecular weight excluding hydrogens is 767 g/mol. The van der Waals surface area contributed by atoms with Gasteiger partial charge in [0.05, 0.1) is 0 Å². The van der Waals surface area contributed by atoms with E-state index in [1.807, 2.05) is 0 Å². The van der Waals surface area contributed by atoms with Crippen molar-refractivity contribution >= 4 is 35.1 Å². The molecule has 0 saturated carbocycles. The molecule has 52 heavy (non-hydrogen) atoms. The van der Waals surface area contributed by atoms with Gasteiger partial charge in [0, 0.05) is 0 Å². The Balaban J connectivity index is 1.73. The molecule has 2 atom stereocenters. The molecule has 0 bridgehead atoms. The van der Waals surface area contributed by atoms with Crippen molar-refractivity contribution in [3.63, 3.8) is 0 Å². The molecule has 0 N–H and O–H groups in total. The number of allylic oxidation sites excluding steroid dienone is 2. The zero-order valence-electron chi connectivity index (χ0n) is 33.9. The van der Waals surface area contributed by atoms with Crippen LogP contribution in [0.3, 0.4) is 0 Å². The van der Waals surface area contributed by atoms with Crippen molar-refractivity contribution in [2.24, 2.45) is 10.8 Å². The first-order chi connectivity index (χ1) is 24.4. The molecule has 2 aliphatic rings. The normalized spacial score (nSPS) is 18.2. The van der Waals surface area contributed by atoms with Crippen LogP contribution in [0.5, 0.6) is 0 Å². The van der Waals surface area contributed by atoms with Crippen LogP contribution in [0, 0.1) is 10.8 Å². The summed E-state index contributed by atoms with van der Waals surface area (Å²) in [4.78, 5) is 0. The van der Waals surface area contributed by atoms with Crippen LogP contribution >= 0.6 is 17.0 Å². The molecule has 275 valence electrons. The molecule has 2 unspecified atom stereocenters. The second-order valence-electron chi connectivity index (χ2n) is 17.9. The predicted octanol–water partition coefficient (Wildman–Crippen LogP) is 14.9. The standard InChI is InChI=1S/2C23H27.C2H7Si.2ClH.Zr/c2*1-6-16-10-8-9-11-20(16)22-17(7-2)12-13-18-14-19(15-21(18)22)23(3,4)5;1-3-2;;;/h2*8-15H,6-7H2,1-5H3;3H,1-2H3;2*1H;/q;;;;;+2/p-2. The van der Waals surface area contributed by atoms with Crippen LogP contribution < -0.4 is 0 Å². The van der Waals surface area contributed by atoms with Crippen LogP contribution in [0.4, 0.5) is 0 Å². The van der Waals surface area contributed by atoms with Gasteiger partial charge in [-0.2, -0.15) is 0 Å². The average Bonchev–Trinajstić information content (AvgIpc) is 3.72. The fourth-order valence-electron chi connectivity index (χ4n) is 9.68. The topological polar surface area (TPSA) is 0 Å². The van der Waals surface area contributed by atoms with E-state index in [0.29, 0.717) is 0 Å².